The quantitative estimate of drug-likeness (QED) is 0.0353. The van der Waals surface area contributed by atoms with Gasteiger partial charge in [-0.05, 0) is 41.9 Å². The van der Waals surface area contributed by atoms with Gasteiger partial charge in [-0.25, -0.2) is 14.0 Å². The number of hydrogen-bond donors (Lipinski definition) is 0. The number of thioether (sulfide) groups is 1. The summed E-state index contributed by atoms with van der Waals surface area (Å²) in [6.45, 7) is 0. The molecule has 0 N–H and O–H groups in total. The first kappa shape index (κ1) is 55.3. The topological polar surface area (TPSA) is 47.6 Å². The van der Waals surface area contributed by atoms with Gasteiger partial charge in [0.2, 0.25) is 0 Å². The molecule has 0 aromatic carbocycles. The molecule has 0 aromatic rings. The van der Waals surface area contributed by atoms with Gasteiger partial charge in [0.05, 0.1) is 11.8 Å². The molecule has 0 bridgehead atoms. The third kappa shape index (κ3) is 19.4. The molecule has 0 spiro atoms. The second-order valence-corrected chi connectivity index (χ2v) is 11.3. The summed E-state index contributed by atoms with van der Waals surface area (Å²) in [6, 6.07) is 0. The molecule has 0 saturated carbocycles. The first-order chi connectivity index (χ1) is 20.7. The van der Waals surface area contributed by atoms with E-state index >= 15 is 0 Å². The van der Waals surface area contributed by atoms with Crippen molar-refractivity contribution in [2.45, 2.75) is 99.8 Å². The normalized spacial score (nSPS) is 14.6. The van der Waals surface area contributed by atoms with E-state index in [2.05, 4.69) is 12.6 Å². The van der Waals surface area contributed by atoms with Crippen molar-refractivity contribution >= 4 is 47.0 Å². The monoisotopic (exact) mass is 924 g/mol. The summed E-state index contributed by atoms with van der Waals surface area (Å²) in [5.74, 6) is -6.03. The molecule has 0 radical (unpaired) electrons. The number of nitrogens with zero attached hydrogens (tertiary/aromatic N) is 2. The minimum atomic E-state index is -6.51. The van der Waals surface area contributed by atoms with Crippen molar-refractivity contribution in [3.63, 3.8) is 0 Å². The summed E-state index contributed by atoms with van der Waals surface area (Å²) in [6.07, 6.45) is -44.7. The van der Waals surface area contributed by atoms with Crippen LogP contribution in [0.1, 0.15) is 51.4 Å². The van der Waals surface area contributed by atoms with Crippen molar-refractivity contribution in [3.8, 4) is 10.8 Å². The van der Waals surface area contributed by atoms with Crippen LogP contribution in [-0.4, -0.2) is 58.6 Å². The zero-order valence-corrected chi connectivity index (χ0v) is 30.8. The third-order valence-corrected chi connectivity index (χ3v) is 7.21. The molecule has 2 nitrogen and oxygen atoms in total. The van der Waals surface area contributed by atoms with E-state index < -0.39 is 85.9 Å². The summed E-state index contributed by atoms with van der Waals surface area (Å²) >= 11 is 6.17. The van der Waals surface area contributed by atoms with Crippen LogP contribution in [0.5, 0.6) is 0 Å². The van der Waals surface area contributed by atoms with Crippen molar-refractivity contribution < 1.29 is 139 Å². The van der Waals surface area contributed by atoms with Gasteiger partial charge in [0.15, 0.2) is 0 Å². The molecule has 0 heterocycles. The minimum absolute atomic E-state index is 0. The Morgan fingerprint density at radius 3 is 1.02 bits per heavy atom. The maximum absolute atomic E-state index is 13.4. The number of alkyl halides is 21. The van der Waals surface area contributed by atoms with E-state index in [4.69, 9.17) is 10.5 Å². The first-order valence-corrected chi connectivity index (χ1v) is 15.0. The number of halogens is 21. The Balaban J connectivity index is -0.000000366. The Morgan fingerprint density at radius 1 is 0.542 bits per heavy atom. The van der Waals surface area contributed by atoms with Gasteiger partial charge in [-0.2, -0.15) is 84.3 Å². The van der Waals surface area contributed by atoms with Crippen molar-refractivity contribution in [1.82, 2.24) is 0 Å². The van der Waals surface area contributed by atoms with E-state index in [1.165, 1.54) is 5.40 Å². The maximum atomic E-state index is 13.4. The molecular formula is C22H22F20IKN2S2. The van der Waals surface area contributed by atoms with Gasteiger partial charge >= 0.3 is 88.4 Å². The Hall–Kier alpha value is 0.516. The average molecular weight is 925 g/mol. The molecule has 0 fully saturated rings. The van der Waals surface area contributed by atoms with Crippen molar-refractivity contribution in [1.29, 1.82) is 10.5 Å². The molecule has 280 valence electrons. The number of nitriles is 2. The van der Waals surface area contributed by atoms with Crippen LogP contribution in [0.25, 0.3) is 0 Å². The summed E-state index contributed by atoms with van der Waals surface area (Å²) < 4.78 is 250. The molecule has 0 rings (SSSR count). The first-order valence-electron chi connectivity index (χ1n) is 12.1. The zero-order valence-electron chi connectivity index (χ0n) is 23.9. The third-order valence-electron chi connectivity index (χ3n) is 5.83. The molecule has 26 heteroatoms. The van der Waals surface area contributed by atoms with Crippen molar-refractivity contribution in [2.24, 2.45) is 11.8 Å². The van der Waals surface area contributed by atoms with Crippen molar-refractivity contribution in [2.75, 3.05) is 10.2 Å². The van der Waals surface area contributed by atoms with Gasteiger partial charge in [-0.15, -0.1) is 0 Å². The van der Waals surface area contributed by atoms with Crippen LogP contribution in [0.4, 0.5) is 87.8 Å². The Labute approximate surface area is 326 Å². The van der Waals surface area contributed by atoms with Crippen molar-refractivity contribution in [3.05, 3.63) is 0 Å². The van der Waals surface area contributed by atoms with Crippen LogP contribution in [0, 0.1) is 33.2 Å². The SMILES string of the molecule is FC(F)(F)C(CCCCI)CC(F)(C(F)(F)F)C(F)(F)F.N#CSCCCCC(CC(F)(C(F)(F)F)C(F)(F)F)C(F)(F)F.N#C[S-].[K+]. The summed E-state index contributed by atoms with van der Waals surface area (Å²) in [7, 11) is 0. The number of thiocyanates is 2. The van der Waals surface area contributed by atoms with Gasteiger partial charge < -0.3 is 12.6 Å². The fourth-order valence-corrected chi connectivity index (χ4v) is 4.30. The summed E-state index contributed by atoms with van der Waals surface area (Å²) in [4.78, 5) is 0. The van der Waals surface area contributed by atoms with Gasteiger partial charge in [0.1, 0.15) is 5.40 Å². The van der Waals surface area contributed by atoms with E-state index in [1.807, 2.05) is 0 Å². The Kier molecular flexibility index (Phi) is 26.0. The number of rotatable bonds is 13. The van der Waals surface area contributed by atoms with Crippen LogP contribution in [0.3, 0.4) is 0 Å². The van der Waals surface area contributed by atoms with E-state index in [-0.39, 0.29) is 82.8 Å². The summed E-state index contributed by atoms with van der Waals surface area (Å²) in [5, 5.41) is 18.2. The Bertz CT molecular complexity index is 937. The molecular weight excluding hydrogens is 902 g/mol. The van der Waals surface area contributed by atoms with E-state index in [0.717, 1.165) is 0 Å². The molecule has 0 amide bonds. The maximum Gasteiger partial charge on any atom is 1.00 e. The summed E-state index contributed by atoms with van der Waals surface area (Å²) in [5.41, 5.74) is -11.8. The second kappa shape index (κ2) is 22.6. The molecule has 0 aliphatic rings. The van der Waals surface area contributed by atoms with Crippen LogP contribution < -0.4 is 51.4 Å². The van der Waals surface area contributed by atoms with E-state index in [1.54, 1.807) is 28.0 Å². The van der Waals surface area contributed by atoms with Crippen LogP contribution in [0.15, 0.2) is 0 Å². The van der Waals surface area contributed by atoms with Crippen LogP contribution in [0.2, 0.25) is 0 Å². The molecule has 0 saturated heterocycles. The molecule has 0 aliphatic heterocycles. The minimum Gasteiger partial charge on any atom is -0.696 e. The predicted molar refractivity (Wildman–Crippen MR) is 138 cm³/mol. The van der Waals surface area contributed by atoms with Crippen LogP contribution in [-0.2, 0) is 12.6 Å². The Morgan fingerprint density at radius 2 is 0.812 bits per heavy atom. The molecule has 48 heavy (non-hydrogen) atoms. The van der Waals surface area contributed by atoms with Gasteiger partial charge in [-0.1, -0.05) is 40.8 Å². The van der Waals surface area contributed by atoms with Gasteiger partial charge in [0, 0.05) is 18.6 Å². The van der Waals surface area contributed by atoms with Gasteiger partial charge in [-0.3, -0.25) is 0 Å². The van der Waals surface area contributed by atoms with Gasteiger partial charge in [0.25, 0.3) is 11.3 Å². The smallest absolute Gasteiger partial charge is 0.696 e. The fourth-order valence-electron chi connectivity index (χ4n) is 3.32. The fraction of sp³-hybridized carbons (Fsp3) is 0.909. The van der Waals surface area contributed by atoms with E-state index in [0.29, 0.717) is 16.2 Å². The standard InChI is InChI=1S/C11H11F10NS.C10H11F10I.CHNS.K/c12-8(10(16,17)18,11(19,20)21)5-7(9(13,14)15)3-1-2-4-23-6-22;11-7(9(15,16)17,10(18,19)20)5-6(8(12,13)14)3-1-2-4-21;2-1-3;/h7H,1-5H2;6H,1-5H2;3H;/q;;;+1/p-1. The largest absolute Gasteiger partial charge is 1.00 e. The molecule has 0 aromatic heterocycles. The predicted octanol–water partition coefficient (Wildman–Crippen LogP) is 8.78. The molecule has 0 aliphatic carbocycles. The average Bonchev–Trinajstić information content (AvgIpc) is 2.84. The van der Waals surface area contributed by atoms with E-state index in [9.17, 15) is 87.8 Å². The number of unbranched alkanes of at least 4 members (excludes halogenated alkanes) is 2. The molecule has 2 atom stereocenters. The number of hydrogen-bond acceptors (Lipinski definition) is 4. The zero-order chi connectivity index (χ0) is 38.3. The second-order valence-electron chi connectivity index (χ2n) is 9.19. The molecule has 2 unspecified atom stereocenters. The van der Waals surface area contributed by atoms with Crippen LogP contribution >= 0.6 is 34.4 Å².